The number of urea groups is 1. The third kappa shape index (κ3) is 3.88. The monoisotopic (exact) mass is 313 g/mol. The van der Waals surface area contributed by atoms with E-state index in [1.165, 1.54) is 6.26 Å². The van der Waals surface area contributed by atoms with E-state index in [1.807, 2.05) is 24.3 Å². The lowest BCUT2D eigenvalue weighted by molar-refractivity contribution is -0.115. The second kappa shape index (κ2) is 6.65. The number of anilines is 1. The summed E-state index contributed by atoms with van der Waals surface area (Å²) in [7, 11) is 0. The van der Waals surface area contributed by atoms with Crippen LogP contribution < -0.4 is 16.0 Å². The number of aromatic amines is 1. The van der Waals surface area contributed by atoms with Crippen LogP contribution in [0, 0.1) is 0 Å². The molecule has 0 aliphatic rings. The van der Waals surface area contributed by atoms with E-state index < -0.39 is 6.03 Å². The molecule has 0 fully saturated rings. The van der Waals surface area contributed by atoms with Crippen molar-refractivity contribution in [2.75, 3.05) is 11.9 Å². The molecule has 3 aromatic rings. The van der Waals surface area contributed by atoms with Crippen LogP contribution in [-0.2, 0) is 11.3 Å². The second-order valence-electron chi connectivity index (χ2n) is 4.77. The van der Waals surface area contributed by atoms with Crippen molar-refractivity contribution in [3.63, 3.8) is 0 Å². The normalized spacial score (nSPS) is 10.4. The standard InChI is InChI=1S/C15H15N5O3/c21-13(9-17-15(22)16-8-10-4-3-7-23-10)20-14-18-11-5-1-2-6-12(11)19-14/h1-7H,8-9H2,(H2,16,17,22)(H2,18,19,20,21). The molecular weight excluding hydrogens is 298 g/mol. The van der Waals surface area contributed by atoms with Crippen LogP contribution in [-0.4, -0.2) is 28.5 Å². The Morgan fingerprint density at radius 2 is 2.00 bits per heavy atom. The van der Waals surface area contributed by atoms with Gasteiger partial charge in [-0.25, -0.2) is 9.78 Å². The SMILES string of the molecule is O=C(CNC(=O)NCc1ccco1)Nc1nc2ccccc2[nH]1. The third-order valence-electron chi connectivity index (χ3n) is 3.06. The number of H-pyrrole nitrogens is 1. The first kappa shape index (κ1) is 14.6. The molecule has 2 aromatic heterocycles. The fraction of sp³-hybridized carbons (Fsp3) is 0.133. The maximum Gasteiger partial charge on any atom is 0.315 e. The van der Waals surface area contributed by atoms with Gasteiger partial charge in [0, 0.05) is 0 Å². The molecule has 4 N–H and O–H groups in total. The Bertz CT molecular complexity index is 777. The molecule has 118 valence electrons. The van der Waals surface area contributed by atoms with Crippen molar-refractivity contribution in [1.29, 1.82) is 0 Å². The number of carbonyl (C=O) groups is 2. The van der Waals surface area contributed by atoms with Crippen LogP contribution in [0.4, 0.5) is 10.7 Å². The van der Waals surface area contributed by atoms with E-state index in [2.05, 4.69) is 25.9 Å². The molecule has 0 aliphatic carbocycles. The summed E-state index contributed by atoms with van der Waals surface area (Å²) in [4.78, 5) is 30.6. The first-order chi connectivity index (χ1) is 11.2. The summed E-state index contributed by atoms with van der Waals surface area (Å²) in [5, 5.41) is 7.62. The number of hydrogen-bond acceptors (Lipinski definition) is 4. The fourth-order valence-corrected chi connectivity index (χ4v) is 1.99. The molecule has 0 atom stereocenters. The zero-order valence-electron chi connectivity index (χ0n) is 12.1. The molecule has 0 bridgehead atoms. The number of rotatable bonds is 5. The topological polar surface area (TPSA) is 112 Å². The molecule has 0 radical (unpaired) electrons. The molecule has 8 heteroatoms. The number of nitrogens with zero attached hydrogens (tertiary/aromatic N) is 1. The van der Waals surface area contributed by atoms with Gasteiger partial charge < -0.3 is 20.0 Å². The highest BCUT2D eigenvalue weighted by molar-refractivity contribution is 5.94. The summed E-state index contributed by atoms with van der Waals surface area (Å²) in [5.74, 6) is 0.595. The highest BCUT2D eigenvalue weighted by Gasteiger charge is 2.08. The minimum absolute atomic E-state index is 0.166. The second-order valence-corrected chi connectivity index (χ2v) is 4.77. The van der Waals surface area contributed by atoms with Crippen molar-refractivity contribution in [1.82, 2.24) is 20.6 Å². The Hall–Kier alpha value is -3.29. The van der Waals surface area contributed by atoms with E-state index in [1.54, 1.807) is 12.1 Å². The molecule has 0 spiro atoms. The first-order valence-electron chi connectivity index (χ1n) is 6.99. The summed E-state index contributed by atoms with van der Waals surface area (Å²) in [6, 6.07) is 10.4. The zero-order chi connectivity index (χ0) is 16.1. The molecular formula is C15H15N5O3. The molecule has 3 amide bonds. The molecule has 8 nitrogen and oxygen atoms in total. The number of imidazole rings is 1. The van der Waals surface area contributed by atoms with Gasteiger partial charge in [-0.15, -0.1) is 0 Å². The van der Waals surface area contributed by atoms with E-state index in [0.29, 0.717) is 11.7 Å². The van der Waals surface area contributed by atoms with E-state index in [4.69, 9.17) is 4.42 Å². The number of fused-ring (bicyclic) bond motifs is 1. The van der Waals surface area contributed by atoms with Gasteiger partial charge in [-0.1, -0.05) is 12.1 Å². The lowest BCUT2D eigenvalue weighted by Crippen LogP contribution is -2.39. The van der Waals surface area contributed by atoms with E-state index in [9.17, 15) is 9.59 Å². The predicted molar refractivity (Wildman–Crippen MR) is 83.7 cm³/mol. The van der Waals surface area contributed by atoms with Crippen molar-refractivity contribution in [3.8, 4) is 0 Å². The van der Waals surface area contributed by atoms with Crippen LogP contribution in [0.1, 0.15) is 5.76 Å². The summed E-state index contributed by atoms with van der Waals surface area (Å²) >= 11 is 0. The van der Waals surface area contributed by atoms with Gasteiger partial charge in [-0.2, -0.15) is 0 Å². The van der Waals surface area contributed by atoms with Gasteiger partial charge in [0.2, 0.25) is 11.9 Å². The Labute approximate surface area is 131 Å². The van der Waals surface area contributed by atoms with E-state index in [0.717, 1.165) is 11.0 Å². The van der Waals surface area contributed by atoms with Crippen LogP contribution in [0.15, 0.2) is 47.1 Å². The minimum Gasteiger partial charge on any atom is -0.467 e. The number of nitrogens with one attached hydrogen (secondary N) is 4. The Kier molecular flexibility index (Phi) is 4.23. The predicted octanol–water partition coefficient (Wildman–Crippen LogP) is 1.59. The largest absolute Gasteiger partial charge is 0.467 e. The van der Waals surface area contributed by atoms with Gasteiger partial charge >= 0.3 is 6.03 Å². The maximum absolute atomic E-state index is 11.8. The molecule has 0 aliphatic heterocycles. The Morgan fingerprint density at radius 1 is 1.13 bits per heavy atom. The van der Waals surface area contributed by atoms with Crippen LogP contribution in [0.2, 0.25) is 0 Å². The van der Waals surface area contributed by atoms with Crippen LogP contribution in [0.5, 0.6) is 0 Å². The highest BCUT2D eigenvalue weighted by atomic mass is 16.3. The smallest absolute Gasteiger partial charge is 0.315 e. The number of carbonyl (C=O) groups excluding carboxylic acids is 2. The quantitative estimate of drug-likeness (QED) is 0.573. The van der Waals surface area contributed by atoms with E-state index in [-0.39, 0.29) is 19.0 Å². The molecule has 0 saturated heterocycles. The number of aromatic nitrogens is 2. The molecule has 3 rings (SSSR count). The first-order valence-corrected chi connectivity index (χ1v) is 6.99. The molecule has 0 unspecified atom stereocenters. The number of para-hydroxylation sites is 2. The molecule has 2 heterocycles. The van der Waals surface area contributed by atoms with Crippen molar-refractivity contribution >= 4 is 28.9 Å². The van der Waals surface area contributed by atoms with Crippen molar-refractivity contribution in [2.45, 2.75) is 6.54 Å². The van der Waals surface area contributed by atoms with Gasteiger partial charge in [0.25, 0.3) is 0 Å². The lowest BCUT2D eigenvalue weighted by Gasteiger charge is -2.06. The highest BCUT2D eigenvalue weighted by Crippen LogP contribution is 2.12. The minimum atomic E-state index is -0.457. The molecule has 0 saturated carbocycles. The Morgan fingerprint density at radius 3 is 2.78 bits per heavy atom. The lowest BCUT2D eigenvalue weighted by atomic mass is 10.3. The number of furan rings is 1. The maximum atomic E-state index is 11.8. The number of amides is 3. The average Bonchev–Trinajstić information content (AvgIpc) is 3.19. The van der Waals surface area contributed by atoms with Crippen LogP contribution in [0.3, 0.4) is 0 Å². The third-order valence-corrected chi connectivity index (χ3v) is 3.06. The van der Waals surface area contributed by atoms with Gasteiger partial charge in [-0.05, 0) is 24.3 Å². The van der Waals surface area contributed by atoms with Gasteiger partial charge in [0.05, 0.1) is 30.4 Å². The number of benzene rings is 1. The molecule has 23 heavy (non-hydrogen) atoms. The van der Waals surface area contributed by atoms with Crippen molar-refractivity contribution in [2.24, 2.45) is 0 Å². The summed E-state index contributed by atoms with van der Waals surface area (Å²) in [6.45, 7) is 0.0884. The average molecular weight is 313 g/mol. The van der Waals surface area contributed by atoms with Crippen LogP contribution in [0.25, 0.3) is 11.0 Å². The van der Waals surface area contributed by atoms with E-state index >= 15 is 0 Å². The van der Waals surface area contributed by atoms with Crippen molar-refractivity contribution in [3.05, 3.63) is 48.4 Å². The molecule has 1 aromatic carbocycles. The summed E-state index contributed by atoms with van der Waals surface area (Å²) in [5.41, 5.74) is 1.58. The van der Waals surface area contributed by atoms with Gasteiger partial charge in [-0.3, -0.25) is 10.1 Å². The number of hydrogen-bond donors (Lipinski definition) is 4. The van der Waals surface area contributed by atoms with Crippen molar-refractivity contribution < 1.29 is 14.0 Å². The zero-order valence-corrected chi connectivity index (χ0v) is 12.1. The fourth-order valence-electron chi connectivity index (χ4n) is 1.99. The Balaban J connectivity index is 1.44. The van der Waals surface area contributed by atoms with Gasteiger partial charge in [0.1, 0.15) is 5.76 Å². The van der Waals surface area contributed by atoms with Crippen LogP contribution >= 0.6 is 0 Å². The van der Waals surface area contributed by atoms with Gasteiger partial charge in [0.15, 0.2) is 0 Å². The summed E-state index contributed by atoms with van der Waals surface area (Å²) in [6.07, 6.45) is 1.52. The summed E-state index contributed by atoms with van der Waals surface area (Å²) < 4.78 is 5.08.